The standard InChI is InChI=1S/C14H20N2O2/c1-10(17)16-12-9-11(5-6-13(12)18-2)14(15)7-3-4-8-14/h5-6,9H,3-4,7-8,15H2,1-2H3,(H,16,17). The van der Waals surface area contributed by atoms with Gasteiger partial charge in [-0.1, -0.05) is 18.9 Å². The van der Waals surface area contributed by atoms with E-state index in [4.69, 9.17) is 10.5 Å². The summed E-state index contributed by atoms with van der Waals surface area (Å²) in [7, 11) is 1.59. The largest absolute Gasteiger partial charge is 0.495 e. The van der Waals surface area contributed by atoms with Gasteiger partial charge in [-0.3, -0.25) is 4.79 Å². The highest BCUT2D eigenvalue weighted by molar-refractivity contribution is 5.90. The van der Waals surface area contributed by atoms with Gasteiger partial charge in [0.25, 0.3) is 0 Å². The van der Waals surface area contributed by atoms with E-state index < -0.39 is 0 Å². The first-order chi connectivity index (χ1) is 8.55. The lowest BCUT2D eigenvalue weighted by molar-refractivity contribution is -0.114. The van der Waals surface area contributed by atoms with Gasteiger partial charge in [-0.25, -0.2) is 0 Å². The van der Waals surface area contributed by atoms with E-state index >= 15 is 0 Å². The summed E-state index contributed by atoms with van der Waals surface area (Å²) < 4.78 is 5.24. The van der Waals surface area contributed by atoms with Gasteiger partial charge in [-0.2, -0.15) is 0 Å². The van der Waals surface area contributed by atoms with Crippen LogP contribution in [0.25, 0.3) is 0 Å². The van der Waals surface area contributed by atoms with Crippen LogP contribution in [-0.4, -0.2) is 13.0 Å². The van der Waals surface area contributed by atoms with Crippen LogP contribution in [0, 0.1) is 0 Å². The van der Waals surface area contributed by atoms with E-state index in [0.29, 0.717) is 11.4 Å². The quantitative estimate of drug-likeness (QED) is 0.863. The molecular formula is C14H20N2O2. The van der Waals surface area contributed by atoms with Crippen molar-refractivity contribution < 1.29 is 9.53 Å². The second-order valence-electron chi connectivity index (χ2n) is 4.96. The van der Waals surface area contributed by atoms with Crippen molar-refractivity contribution in [1.82, 2.24) is 0 Å². The first-order valence-corrected chi connectivity index (χ1v) is 6.30. The average molecular weight is 248 g/mol. The number of amides is 1. The molecule has 0 radical (unpaired) electrons. The number of benzene rings is 1. The number of rotatable bonds is 3. The second kappa shape index (κ2) is 4.98. The molecule has 1 saturated carbocycles. The molecule has 0 spiro atoms. The number of nitrogens with two attached hydrogens (primary N) is 1. The number of carbonyl (C=O) groups excluding carboxylic acids is 1. The maximum atomic E-state index is 11.2. The second-order valence-corrected chi connectivity index (χ2v) is 4.96. The Balaban J connectivity index is 2.35. The zero-order valence-corrected chi connectivity index (χ0v) is 11.0. The molecule has 4 heteroatoms. The van der Waals surface area contributed by atoms with E-state index in [1.54, 1.807) is 7.11 Å². The van der Waals surface area contributed by atoms with Crippen molar-refractivity contribution in [2.75, 3.05) is 12.4 Å². The molecule has 1 aromatic carbocycles. The molecule has 1 fully saturated rings. The fourth-order valence-corrected chi connectivity index (χ4v) is 2.60. The van der Waals surface area contributed by atoms with Crippen molar-refractivity contribution in [2.24, 2.45) is 5.73 Å². The van der Waals surface area contributed by atoms with Crippen LogP contribution in [0.4, 0.5) is 5.69 Å². The number of carbonyl (C=O) groups is 1. The molecule has 1 aliphatic carbocycles. The van der Waals surface area contributed by atoms with Crippen LogP contribution in [0.5, 0.6) is 5.75 Å². The Morgan fingerprint density at radius 2 is 2.06 bits per heavy atom. The van der Waals surface area contributed by atoms with Crippen molar-refractivity contribution in [3.8, 4) is 5.75 Å². The SMILES string of the molecule is COc1ccc(C2(N)CCCC2)cc1NC(C)=O. The number of methoxy groups -OCH3 is 1. The molecular weight excluding hydrogens is 228 g/mol. The van der Waals surface area contributed by atoms with E-state index in [-0.39, 0.29) is 11.4 Å². The Morgan fingerprint density at radius 3 is 2.61 bits per heavy atom. The lowest BCUT2D eigenvalue weighted by atomic mass is 9.89. The van der Waals surface area contributed by atoms with Crippen LogP contribution >= 0.6 is 0 Å². The summed E-state index contributed by atoms with van der Waals surface area (Å²) in [6.45, 7) is 1.49. The van der Waals surface area contributed by atoms with Crippen LogP contribution in [0.15, 0.2) is 18.2 Å². The van der Waals surface area contributed by atoms with E-state index in [1.807, 2.05) is 18.2 Å². The molecule has 0 bridgehead atoms. The van der Waals surface area contributed by atoms with Gasteiger partial charge in [0, 0.05) is 12.5 Å². The molecule has 0 heterocycles. The summed E-state index contributed by atoms with van der Waals surface area (Å²) in [6.07, 6.45) is 4.33. The Labute approximate surface area is 108 Å². The first-order valence-electron chi connectivity index (χ1n) is 6.30. The van der Waals surface area contributed by atoms with Gasteiger partial charge < -0.3 is 15.8 Å². The number of hydrogen-bond acceptors (Lipinski definition) is 3. The topological polar surface area (TPSA) is 64.3 Å². The fraction of sp³-hybridized carbons (Fsp3) is 0.500. The number of anilines is 1. The molecule has 1 aliphatic rings. The third-order valence-electron chi connectivity index (χ3n) is 3.58. The van der Waals surface area contributed by atoms with Crippen molar-refractivity contribution in [1.29, 1.82) is 0 Å². The Morgan fingerprint density at radius 1 is 1.39 bits per heavy atom. The fourth-order valence-electron chi connectivity index (χ4n) is 2.60. The molecule has 0 aromatic heterocycles. The molecule has 18 heavy (non-hydrogen) atoms. The van der Waals surface area contributed by atoms with Crippen LogP contribution < -0.4 is 15.8 Å². The van der Waals surface area contributed by atoms with E-state index in [0.717, 1.165) is 31.2 Å². The number of hydrogen-bond donors (Lipinski definition) is 2. The highest BCUT2D eigenvalue weighted by Gasteiger charge is 2.31. The maximum Gasteiger partial charge on any atom is 0.221 e. The smallest absolute Gasteiger partial charge is 0.221 e. The molecule has 0 aliphatic heterocycles. The molecule has 98 valence electrons. The summed E-state index contributed by atoms with van der Waals surface area (Å²) in [4.78, 5) is 11.2. The lowest BCUT2D eigenvalue weighted by Crippen LogP contribution is -2.33. The Kier molecular flexibility index (Phi) is 3.57. The summed E-state index contributed by atoms with van der Waals surface area (Å²) in [6, 6.07) is 5.80. The normalized spacial score (nSPS) is 17.5. The van der Waals surface area contributed by atoms with Gasteiger partial charge in [0.05, 0.1) is 12.8 Å². The van der Waals surface area contributed by atoms with Crippen LogP contribution in [0.1, 0.15) is 38.2 Å². The summed E-state index contributed by atoms with van der Waals surface area (Å²) in [5.41, 5.74) is 7.93. The van der Waals surface area contributed by atoms with E-state index in [1.165, 1.54) is 6.92 Å². The number of nitrogens with one attached hydrogen (secondary N) is 1. The monoisotopic (exact) mass is 248 g/mol. The Hall–Kier alpha value is -1.55. The summed E-state index contributed by atoms with van der Waals surface area (Å²) in [5.74, 6) is 0.554. The zero-order chi connectivity index (χ0) is 13.2. The van der Waals surface area contributed by atoms with Crippen LogP contribution in [-0.2, 0) is 10.3 Å². The minimum Gasteiger partial charge on any atom is -0.495 e. The molecule has 1 aromatic rings. The third kappa shape index (κ3) is 2.48. The van der Waals surface area contributed by atoms with Gasteiger partial charge in [0.2, 0.25) is 5.91 Å². The molecule has 1 amide bonds. The van der Waals surface area contributed by atoms with Crippen LogP contribution in [0.2, 0.25) is 0 Å². The first kappa shape index (κ1) is 12.9. The molecule has 3 N–H and O–H groups in total. The summed E-state index contributed by atoms with van der Waals surface area (Å²) >= 11 is 0. The van der Waals surface area contributed by atoms with Gasteiger partial charge in [0.1, 0.15) is 5.75 Å². The minimum atomic E-state index is -0.251. The van der Waals surface area contributed by atoms with Gasteiger partial charge >= 0.3 is 0 Å². The molecule has 2 rings (SSSR count). The predicted molar refractivity (Wildman–Crippen MR) is 71.6 cm³/mol. The van der Waals surface area contributed by atoms with Gasteiger partial charge in [0.15, 0.2) is 0 Å². The number of ether oxygens (including phenoxy) is 1. The average Bonchev–Trinajstić information content (AvgIpc) is 2.76. The van der Waals surface area contributed by atoms with Gasteiger partial charge in [-0.05, 0) is 30.5 Å². The minimum absolute atomic E-state index is 0.108. The lowest BCUT2D eigenvalue weighted by Gasteiger charge is -2.25. The van der Waals surface area contributed by atoms with Gasteiger partial charge in [-0.15, -0.1) is 0 Å². The highest BCUT2D eigenvalue weighted by atomic mass is 16.5. The third-order valence-corrected chi connectivity index (χ3v) is 3.58. The molecule has 0 atom stereocenters. The van der Waals surface area contributed by atoms with Crippen molar-refractivity contribution in [2.45, 2.75) is 38.1 Å². The van der Waals surface area contributed by atoms with Crippen molar-refractivity contribution in [3.63, 3.8) is 0 Å². The highest BCUT2D eigenvalue weighted by Crippen LogP contribution is 2.39. The molecule has 0 saturated heterocycles. The molecule has 4 nitrogen and oxygen atoms in total. The van der Waals surface area contributed by atoms with Crippen LogP contribution in [0.3, 0.4) is 0 Å². The predicted octanol–water partition coefficient (Wildman–Crippen LogP) is 2.38. The summed E-state index contributed by atoms with van der Waals surface area (Å²) in [5, 5.41) is 2.79. The van der Waals surface area contributed by atoms with E-state index in [2.05, 4.69) is 5.32 Å². The van der Waals surface area contributed by atoms with E-state index in [9.17, 15) is 4.79 Å². The zero-order valence-electron chi connectivity index (χ0n) is 11.0. The van der Waals surface area contributed by atoms with Crippen molar-refractivity contribution >= 4 is 11.6 Å². The molecule has 0 unspecified atom stereocenters. The Bertz CT molecular complexity index is 451. The maximum absolute atomic E-state index is 11.2. The van der Waals surface area contributed by atoms with Crippen molar-refractivity contribution in [3.05, 3.63) is 23.8 Å².